The van der Waals surface area contributed by atoms with Crippen LogP contribution in [-0.4, -0.2) is 38.2 Å². The maximum absolute atomic E-state index is 13.7. The van der Waals surface area contributed by atoms with Crippen LogP contribution in [0.3, 0.4) is 0 Å². The molecule has 5 nitrogen and oxygen atoms in total. The van der Waals surface area contributed by atoms with Crippen LogP contribution in [0, 0.1) is 6.92 Å². The SMILES string of the molecule is COc1cc2c(cc1OC)C(COc1ccc(C(C)C)cc1)N(C(=O)c1ccccc1C)CC2. The van der Waals surface area contributed by atoms with E-state index in [0.717, 1.165) is 34.4 Å². The number of benzene rings is 3. The monoisotopic (exact) mass is 459 g/mol. The molecule has 0 aliphatic carbocycles. The van der Waals surface area contributed by atoms with Gasteiger partial charge in [0.2, 0.25) is 0 Å². The fourth-order valence-electron chi connectivity index (χ4n) is 4.54. The summed E-state index contributed by atoms with van der Waals surface area (Å²) in [6.07, 6.45) is 0.743. The third-order valence-corrected chi connectivity index (χ3v) is 6.59. The van der Waals surface area contributed by atoms with Crippen LogP contribution in [0.25, 0.3) is 0 Å². The second-order valence-electron chi connectivity index (χ2n) is 9.02. The number of hydrogen-bond acceptors (Lipinski definition) is 4. The van der Waals surface area contributed by atoms with Crippen molar-refractivity contribution >= 4 is 5.91 Å². The smallest absolute Gasteiger partial charge is 0.254 e. The van der Waals surface area contributed by atoms with Gasteiger partial charge in [0.15, 0.2) is 11.5 Å². The van der Waals surface area contributed by atoms with Crippen LogP contribution in [0.1, 0.15) is 58.4 Å². The van der Waals surface area contributed by atoms with Crippen LogP contribution in [0.4, 0.5) is 0 Å². The van der Waals surface area contributed by atoms with Crippen LogP contribution in [0.15, 0.2) is 60.7 Å². The molecule has 0 N–H and O–H groups in total. The number of nitrogens with zero attached hydrogens (tertiary/aromatic N) is 1. The molecule has 1 unspecified atom stereocenters. The average molecular weight is 460 g/mol. The molecular weight excluding hydrogens is 426 g/mol. The van der Waals surface area contributed by atoms with E-state index >= 15 is 0 Å². The first-order valence-corrected chi connectivity index (χ1v) is 11.8. The molecule has 1 amide bonds. The van der Waals surface area contributed by atoms with E-state index in [-0.39, 0.29) is 11.9 Å². The first-order chi connectivity index (χ1) is 16.4. The quantitative estimate of drug-likeness (QED) is 0.438. The van der Waals surface area contributed by atoms with E-state index in [1.54, 1.807) is 14.2 Å². The molecule has 0 spiro atoms. The Morgan fingerprint density at radius 3 is 2.32 bits per heavy atom. The van der Waals surface area contributed by atoms with Gasteiger partial charge in [0.25, 0.3) is 5.91 Å². The van der Waals surface area contributed by atoms with Crippen molar-refractivity contribution in [1.29, 1.82) is 0 Å². The minimum absolute atomic E-state index is 0.0160. The van der Waals surface area contributed by atoms with Crippen molar-refractivity contribution in [2.45, 2.75) is 39.2 Å². The van der Waals surface area contributed by atoms with Gasteiger partial charge in [-0.25, -0.2) is 0 Å². The fourth-order valence-corrected chi connectivity index (χ4v) is 4.54. The topological polar surface area (TPSA) is 48.0 Å². The highest BCUT2D eigenvalue weighted by molar-refractivity contribution is 5.96. The Morgan fingerprint density at radius 2 is 1.68 bits per heavy atom. The number of hydrogen-bond donors (Lipinski definition) is 0. The summed E-state index contributed by atoms with van der Waals surface area (Å²) in [5.41, 5.74) is 5.13. The van der Waals surface area contributed by atoms with E-state index in [1.807, 2.05) is 60.4 Å². The van der Waals surface area contributed by atoms with Crippen molar-refractivity contribution in [1.82, 2.24) is 4.90 Å². The normalized spacial score (nSPS) is 15.1. The number of rotatable bonds is 7. The van der Waals surface area contributed by atoms with Crippen LogP contribution in [0.5, 0.6) is 17.2 Å². The average Bonchev–Trinajstić information content (AvgIpc) is 2.86. The lowest BCUT2D eigenvalue weighted by molar-refractivity contribution is 0.0588. The Balaban J connectivity index is 1.69. The van der Waals surface area contributed by atoms with E-state index in [1.165, 1.54) is 5.56 Å². The zero-order valence-electron chi connectivity index (χ0n) is 20.6. The third-order valence-electron chi connectivity index (χ3n) is 6.59. The van der Waals surface area contributed by atoms with Gasteiger partial charge in [-0.3, -0.25) is 4.79 Å². The summed E-state index contributed by atoms with van der Waals surface area (Å²) in [6, 6.07) is 19.7. The molecule has 0 saturated carbocycles. The van der Waals surface area contributed by atoms with Crippen molar-refractivity contribution in [2.75, 3.05) is 27.4 Å². The van der Waals surface area contributed by atoms with Crippen molar-refractivity contribution in [3.8, 4) is 17.2 Å². The molecule has 0 fully saturated rings. The lowest BCUT2D eigenvalue weighted by Gasteiger charge is -2.38. The molecule has 0 aromatic heterocycles. The maximum Gasteiger partial charge on any atom is 0.254 e. The van der Waals surface area contributed by atoms with Gasteiger partial charge >= 0.3 is 0 Å². The highest BCUT2D eigenvalue weighted by Crippen LogP contribution is 2.39. The van der Waals surface area contributed by atoms with Crippen LogP contribution >= 0.6 is 0 Å². The van der Waals surface area contributed by atoms with Gasteiger partial charge < -0.3 is 19.1 Å². The van der Waals surface area contributed by atoms with E-state index in [0.29, 0.717) is 30.6 Å². The Labute approximate surface area is 202 Å². The van der Waals surface area contributed by atoms with Crippen LogP contribution in [0.2, 0.25) is 0 Å². The van der Waals surface area contributed by atoms with Gasteiger partial charge in [-0.05, 0) is 71.8 Å². The molecule has 1 aliphatic rings. The minimum atomic E-state index is -0.250. The first-order valence-electron chi connectivity index (χ1n) is 11.8. The molecule has 1 aliphatic heterocycles. The highest BCUT2D eigenvalue weighted by Gasteiger charge is 2.33. The molecule has 34 heavy (non-hydrogen) atoms. The van der Waals surface area contributed by atoms with E-state index in [4.69, 9.17) is 14.2 Å². The Hall–Kier alpha value is -3.47. The fraction of sp³-hybridized carbons (Fsp3) is 0.345. The van der Waals surface area contributed by atoms with Gasteiger partial charge in [-0.15, -0.1) is 0 Å². The summed E-state index contributed by atoms with van der Waals surface area (Å²) in [4.78, 5) is 15.6. The summed E-state index contributed by atoms with van der Waals surface area (Å²) >= 11 is 0. The minimum Gasteiger partial charge on any atom is -0.493 e. The van der Waals surface area contributed by atoms with Crippen molar-refractivity contribution in [2.24, 2.45) is 0 Å². The summed E-state index contributed by atoms with van der Waals surface area (Å²) in [6.45, 7) is 7.27. The molecule has 3 aromatic carbocycles. The molecule has 0 bridgehead atoms. The third kappa shape index (κ3) is 4.74. The highest BCUT2D eigenvalue weighted by atomic mass is 16.5. The van der Waals surface area contributed by atoms with Crippen molar-refractivity contribution in [3.63, 3.8) is 0 Å². The lowest BCUT2D eigenvalue weighted by Crippen LogP contribution is -2.42. The number of carbonyl (C=O) groups excluding carboxylic acids is 1. The molecule has 0 radical (unpaired) electrons. The summed E-state index contributed by atoms with van der Waals surface area (Å²) in [5, 5.41) is 0. The zero-order chi connectivity index (χ0) is 24.2. The number of methoxy groups -OCH3 is 2. The van der Waals surface area contributed by atoms with E-state index in [9.17, 15) is 4.79 Å². The number of amides is 1. The number of aryl methyl sites for hydroxylation is 1. The molecule has 178 valence electrons. The molecular formula is C29H33NO4. The summed E-state index contributed by atoms with van der Waals surface area (Å²) in [5.74, 6) is 2.62. The molecule has 1 heterocycles. The predicted octanol–water partition coefficient (Wildman–Crippen LogP) is 5.95. The standard InChI is InChI=1S/C29H33NO4/c1-19(2)21-10-12-23(13-11-21)34-18-26-25-17-28(33-5)27(32-4)16-22(25)14-15-30(26)29(31)24-9-7-6-8-20(24)3/h6-13,16-17,19,26H,14-15,18H2,1-5H3. The molecule has 0 saturated heterocycles. The van der Waals surface area contributed by atoms with Gasteiger partial charge in [0, 0.05) is 12.1 Å². The number of fused-ring (bicyclic) bond motifs is 1. The second kappa shape index (κ2) is 10.2. The number of ether oxygens (including phenoxy) is 3. The maximum atomic E-state index is 13.7. The molecule has 3 aromatic rings. The van der Waals surface area contributed by atoms with Gasteiger partial charge in [-0.2, -0.15) is 0 Å². The van der Waals surface area contributed by atoms with Gasteiger partial charge in [-0.1, -0.05) is 44.2 Å². The van der Waals surface area contributed by atoms with E-state index < -0.39 is 0 Å². The van der Waals surface area contributed by atoms with Crippen LogP contribution < -0.4 is 14.2 Å². The predicted molar refractivity (Wildman–Crippen MR) is 134 cm³/mol. The zero-order valence-corrected chi connectivity index (χ0v) is 20.6. The summed E-state index contributed by atoms with van der Waals surface area (Å²) in [7, 11) is 3.27. The molecule has 4 rings (SSSR count). The van der Waals surface area contributed by atoms with Gasteiger partial charge in [0.05, 0.1) is 20.3 Å². The second-order valence-corrected chi connectivity index (χ2v) is 9.02. The Kier molecular flexibility index (Phi) is 7.11. The van der Waals surface area contributed by atoms with Crippen molar-refractivity contribution < 1.29 is 19.0 Å². The Morgan fingerprint density at radius 1 is 1.00 bits per heavy atom. The largest absolute Gasteiger partial charge is 0.493 e. The van der Waals surface area contributed by atoms with E-state index in [2.05, 4.69) is 26.0 Å². The summed E-state index contributed by atoms with van der Waals surface area (Å²) < 4.78 is 17.3. The molecule has 1 atom stereocenters. The van der Waals surface area contributed by atoms with Crippen LogP contribution in [-0.2, 0) is 6.42 Å². The Bertz CT molecular complexity index is 1150. The molecule has 5 heteroatoms. The number of carbonyl (C=O) groups is 1. The van der Waals surface area contributed by atoms with Gasteiger partial charge in [0.1, 0.15) is 12.4 Å². The van der Waals surface area contributed by atoms with Crippen molar-refractivity contribution in [3.05, 3.63) is 88.5 Å². The lowest BCUT2D eigenvalue weighted by atomic mass is 9.91. The first kappa shape index (κ1) is 23.7.